The van der Waals surface area contributed by atoms with Crippen LogP contribution in [0.5, 0.6) is 0 Å². The number of aryl methyl sites for hydroxylation is 1. The van der Waals surface area contributed by atoms with Crippen molar-refractivity contribution in [2.45, 2.75) is 60.8 Å². The maximum atomic E-state index is 12.9. The molecule has 0 bridgehead atoms. The maximum absolute atomic E-state index is 12.9. The molecule has 0 aliphatic heterocycles. The second kappa shape index (κ2) is 16.6. The van der Waals surface area contributed by atoms with Crippen LogP contribution in [-0.4, -0.2) is 32.4 Å². The summed E-state index contributed by atoms with van der Waals surface area (Å²) in [4.78, 5) is 36.5. The minimum Gasteiger partial charge on any atom is -0.500 e. The lowest BCUT2D eigenvalue weighted by molar-refractivity contribution is -0.116. The Morgan fingerprint density at radius 1 is 1.03 bits per heavy atom. The van der Waals surface area contributed by atoms with Gasteiger partial charge in [-0.2, -0.15) is 0 Å². The van der Waals surface area contributed by atoms with Crippen LogP contribution in [0, 0.1) is 0 Å². The molecule has 1 heterocycles. The molecule has 0 atom stereocenters. The number of hydrogen-bond acceptors (Lipinski definition) is 6. The van der Waals surface area contributed by atoms with Gasteiger partial charge in [0.15, 0.2) is 5.78 Å². The Kier molecular flexibility index (Phi) is 15.1. The Labute approximate surface area is 196 Å². The molecule has 0 N–H and O–H groups in total. The molecule has 1 aromatic carbocycles. The summed E-state index contributed by atoms with van der Waals surface area (Å²) in [5.74, 6) is 0.287. The van der Waals surface area contributed by atoms with Crippen LogP contribution in [0.25, 0.3) is 11.8 Å². The maximum Gasteiger partial charge on any atom is 0.347 e. The lowest BCUT2D eigenvalue weighted by Gasteiger charge is -2.06. The molecule has 0 saturated carbocycles. The Hall–Kier alpha value is -2.99. The van der Waals surface area contributed by atoms with Crippen molar-refractivity contribution in [2.75, 3.05) is 20.8 Å². The monoisotopic (exact) mass is 458 g/mol. The highest BCUT2D eigenvalue weighted by molar-refractivity contribution is 6.08. The first-order valence-corrected chi connectivity index (χ1v) is 11.4. The van der Waals surface area contributed by atoms with E-state index in [1.807, 2.05) is 34.6 Å². The lowest BCUT2D eigenvalue weighted by Crippen LogP contribution is -2.35. The van der Waals surface area contributed by atoms with Crippen LogP contribution in [0.3, 0.4) is 0 Å². The molecule has 6 heteroatoms. The Balaban J connectivity index is 0.00000242. The molecule has 33 heavy (non-hydrogen) atoms. The van der Waals surface area contributed by atoms with E-state index >= 15 is 0 Å². The van der Waals surface area contributed by atoms with Crippen LogP contribution >= 0.6 is 0 Å². The van der Waals surface area contributed by atoms with E-state index in [0.29, 0.717) is 41.2 Å². The van der Waals surface area contributed by atoms with Crippen LogP contribution in [0.2, 0.25) is 0 Å². The molecule has 0 aliphatic rings. The molecule has 0 spiro atoms. The second-order valence-corrected chi connectivity index (χ2v) is 6.59. The number of methoxy groups -OCH3 is 2. The van der Waals surface area contributed by atoms with Gasteiger partial charge in [0.05, 0.1) is 18.9 Å². The molecule has 2 rings (SSSR count). The second-order valence-electron chi connectivity index (χ2n) is 6.59. The molecule has 182 valence electrons. The third-order valence-corrected chi connectivity index (χ3v) is 4.51. The third-order valence-electron chi connectivity index (χ3n) is 4.51. The van der Waals surface area contributed by atoms with Gasteiger partial charge in [0.25, 0.3) is 0 Å². The molecule has 6 nitrogen and oxygen atoms in total. The highest BCUT2D eigenvalue weighted by atomic mass is 16.5. The Morgan fingerprint density at radius 3 is 2.12 bits per heavy atom. The zero-order valence-corrected chi connectivity index (χ0v) is 21.2. The van der Waals surface area contributed by atoms with Crippen molar-refractivity contribution < 1.29 is 23.5 Å². The Morgan fingerprint density at radius 2 is 1.64 bits per heavy atom. The van der Waals surface area contributed by atoms with Crippen LogP contribution < -0.4 is 16.3 Å². The molecule has 2 aromatic rings. The summed E-state index contributed by atoms with van der Waals surface area (Å²) >= 11 is 0. The minimum atomic E-state index is -0.715. The number of ether oxygens (including phenoxy) is 2. The number of carbonyl (C=O) groups excluding carboxylic acids is 2. The highest BCUT2D eigenvalue weighted by Gasteiger charge is 2.16. The van der Waals surface area contributed by atoms with Gasteiger partial charge in [0, 0.05) is 25.5 Å². The summed E-state index contributed by atoms with van der Waals surface area (Å²) in [6.07, 6.45) is 3.26. The van der Waals surface area contributed by atoms with Gasteiger partial charge in [-0.05, 0) is 31.1 Å². The molecule has 0 saturated heterocycles. The highest BCUT2D eigenvalue weighted by Crippen LogP contribution is 2.10. The molecule has 0 fully saturated rings. The van der Waals surface area contributed by atoms with E-state index in [0.717, 1.165) is 5.56 Å². The van der Waals surface area contributed by atoms with Gasteiger partial charge in [-0.3, -0.25) is 4.79 Å². The average molecular weight is 459 g/mol. The molecular formula is C27H38O6. The van der Waals surface area contributed by atoms with Gasteiger partial charge in [-0.25, -0.2) is 4.79 Å². The van der Waals surface area contributed by atoms with Gasteiger partial charge in [-0.15, -0.1) is 0 Å². The first-order valence-electron chi connectivity index (χ1n) is 11.4. The van der Waals surface area contributed by atoms with Crippen LogP contribution in [0.4, 0.5) is 0 Å². The summed E-state index contributed by atoms with van der Waals surface area (Å²) in [5, 5.41) is 0.549. The van der Waals surface area contributed by atoms with Crippen LogP contribution in [0.1, 0.15) is 75.9 Å². The van der Waals surface area contributed by atoms with Crippen molar-refractivity contribution in [3.63, 3.8) is 0 Å². The predicted molar refractivity (Wildman–Crippen MR) is 133 cm³/mol. The fourth-order valence-corrected chi connectivity index (χ4v) is 2.91. The topological polar surface area (TPSA) is 82.8 Å². The summed E-state index contributed by atoms with van der Waals surface area (Å²) in [6.45, 7) is 11.7. The fourth-order valence-electron chi connectivity index (χ4n) is 2.91. The van der Waals surface area contributed by atoms with E-state index in [1.54, 1.807) is 37.3 Å². The van der Waals surface area contributed by atoms with E-state index in [1.165, 1.54) is 20.3 Å². The van der Waals surface area contributed by atoms with Crippen molar-refractivity contribution >= 4 is 23.4 Å². The van der Waals surface area contributed by atoms with Crippen LogP contribution in [0.15, 0.2) is 39.5 Å². The first-order chi connectivity index (χ1) is 15.9. The van der Waals surface area contributed by atoms with Crippen molar-refractivity contribution in [2.24, 2.45) is 0 Å². The smallest absolute Gasteiger partial charge is 0.347 e. The number of hydrogen-bond donors (Lipinski definition) is 0. The van der Waals surface area contributed by atoms with E-state index in [9.17, 15) is 14.4 Å². The van der Waals surface area contributed by atoms with Gasteiger partial charge in [-0.1, -0.05) is 58.9 Å². The summed E-state index contributed by atoms with van der Waals surface area (Å²) < 4.78 is 15.8. The van der Waals surface area contributed by atoms with Gasteiger partial charge in [0.1, 0.15) is 22.5 Å². The van der Waals surface area contributed by atoms with E-state index in [2.05, 4.69) is 0 Å². The number of rotatable bonds is 9. The SMILES string of the molecule is CC.CC.CC/C(OC)=c1/cc(C(=O)c2ccc(CCC(C)=O)cc2)c(=O)o/c1=C/COC. The van der Waals surface area contributed by atoms with E-state index in [4.69, 9.17) is 13.9 Å². The van der Waals surface area contributed by atoms with Gasteiger partial charge >= 0.3 is 5.63 Å². The molecule has 0 unspecified atom stereocenters. The van der Waals surface area contributed by atoms with Crippen molar-refractivity contribution in [1.82, 2.24) is 0 Å². The number of carbonyl (C=O) groups is 2. The fraction of sp³-hybridized carbons (Fsp3) is 0.444. The minimum absolute atomic E-state index is 0.0611. The lowest BCUT2D eigenvalue weighted by atomic mass is 10.0. The molecular weight excluding hydrogens is 420 g/mol. The molecule has 1 aromatic heterocycles. The zero-order chi connectivity index (χ0) is 25.4. The third kappa shape index (κ3) is 9.18. The molecule has 0 radical (unpaired) electrons. The summed E-state index contributed by atoms with van der Waals surface area (Å²) in [5.41, 5.74) is 0.864. The molecule has 0 aliphatic carbocycles. The van der Waals surface area contributed by atoms with Crippen molar-refractivity contribution in [3.05, 3.63) is 68.1 Å². The van der Waals surface area contributed by atoms with Crippen molar-refractivity contribution in [3.8, 4) is 0 Å². The number of ketones is 2. The standard InChI is InChI=1S/C23H26O6.2C2H6/c1-5-20(28-4)18-14-19(23(26)29-21(18)12-13-27-3)22(25)17-10-8-16(9-11-17)7-6-15(2)24;2*1-2/h8-12,14H,5-7,13H2,1-4H3;2*1-2H3/b20-18+,21-12+;;. The molecule has 0 amide bonds. The van der Waals surface area contributed by atoms with Gasteiger partial charge < -0.3 is 18.7 Å². The number of Topliss-reactive ketones (excluding diaryl/α,β-unsaturated/α-hetero) is 1. The first kappa shape index (κ1) is 30.0. The van der Waals surface area contributed by atoms with E-state index < -0.39 is 11.4 Å². The van der Waals surface area contributed by atoms with E-state index in [-0.39, 0.29) is 18.0 Å². The average Bonchev–Trinajstić information content (AvgIpc) is 2.85. The van der Waals surface area contributed by atoms with Crippen molar-refractivity contribution in [1.29, 1.82) is 0 Å². The quantitative estimate of drug-likeness (QED) is 0.528. The zero-order valence-electron chi connectivity index (χ0n) is 21.2. The predicted octanol–water partition coefficient (Wildman–Crippen LogP) is 4.04. The van der Waals surface area contributed by atoms with Gasteiger partial charge in [0.2, 0.25) is 0 Å². The normalized spacial score (nSPS) is 11.5. The number of benzene rings is 1. The Bertz CT molecular complexity index is 1040. The van der Waals surface area contributed by atoms with Crippen LogP contribution in [-0.2, 0) is 20.7 Å². The summed E-state index contributed by atoms with van der Waals surface area (Å²) in [6, 6.07) is 8.41. The largest absolute Gasteiger partial charge is 0.500 e. The summed E-state index contributed by atoms with van der Waals surface area (Å²) in [7, 11) is 3.07.